The number of aromatic nitrogens is 2. The second-order valence-electron chi connectivity index (χ2n) is 6.63. The summed E-state index contributed by atoms with van der Waals surface area (Å²) in [6.07, 6.45) is 0. The van der Waals surface area contributed by atoms with E-state index in [9.17, 15) is 13.2 Å². The molecular weight excluding hydrogens is 428 g/mol. The van der Waals surface area contributed by atoms with Gasteiger partial charge in [-0.2, -0.15) is 4.98 Å². The zero-order chi connectivity index (χ0) is 22.1. The van der Waals surface area contributed by atoms with Crippen molar-refractivity contribution in [2.24, 2.45) is 5.14 Å². The van der Waals surface area contributed by atoms with Gasteiger partial charge in [0.2, 0.25) is 15.9 Å². The van der Waals surface area contributed by atoms with E-state index in [0.717, 1.165) is 0 Å². The summed E-state index contributed by atoms with van der Waals surface area (Å²) in [5.41, 5.74) is 1.33. The van der Waals surface area contributed by atoms with Crippen LogP contribution in [0.2, 0.25) is 0 Å². The summed E-state index contributed by atoms with van der Waals surface area (Å²) < 4.78 is 33.6. The number of benzene rings is 1. The first-order chi connectivity index (χ1) is 14.2. The van der Waals surface area contributed by atoms with Gasteiger partial charge in [0.25, 0.3) is 5.91 Å². The van der Waals surface area contributed by atoms with Crippen LogP contribution in [0, 0.1) is 6.92 Å². The van der Waals surface area contributed by atoms with Crippen molar-refractivity contribution in [1.82, 2.24) is 15.3 Å². The average Bonchev–Trinajstić information content (AvgIpc) is 3.03. The van der Waals surface area contributed by atoms with Crippen molar-refractivity contribution in [2.45, 2.75) is 31.4 Å². The lowest BCUT2D eigenvalue weighted by Crippen LogP contribution is -2.26. The molecule has 0 saturated carbocycles. The molecule has 0 aliphatic heterocycles. The van der Waals surface area contributed by atoms with E-state index in [-0.39, 0.29) is 17.4 Å². The van der Waals surface area contributed by atoms with E-state index in [2.05, 4.69) is 15.3 Å². The van der Waals surface area contributed by atoms with Gasteiger partial charge in [-0.3, -0.25) is 4.79 Å². The fourth-order valence-corrected chi connectivity index (χ4v) is 4.67. The average molecular weight is 451 g/mol. The molecule has 1 amide bonds. The number of amides is 1. The third-order valence-electron chi connectivity index (χ3n) is 4.51. The molecule has 3 aromatic rings. The van der Waals surface area contributed by atoms with Gasteiger partial charge in [0, 0.05) is 7.11 Å². The van der Waals surface area contributed by atoms with E-state index >= 15 is 0 Å². The number of hydrogen-bond acceptors (Lipinski definition) is 8. The Morgan fingerprint density at radius 2 is 2.03 bits per heavy atom. The van der Waals surface area contributed by atoms with Crippen LogP contribution in [0.1, 0.15) is 39.6 Å². The van der Waals surface area contributed by atoms with Crippen molar-refractivity contribution in [3.63, 3.8) is 0 Å². The molecule has 0 bridgehead atoms. The van der Waals surface area contributed by atoms with Crippen LogP contribution in [0.3, 0.4) is 0 Å². The van der Waals surface area contributed by atoms with Gasteiger partial charge in [0.1, 0.15) is 11.4 Å². The smallest absolute Gasteiger partial charge is 0.262 e. The molecule has 3 rings (SSSR count). The lowest BCUT2D eigenvalue weighted by Gasteiger charge is -2.15. The first-order valence-electron chi connectivity index (χ1n) is 8.92. The van der Waals surface area contributed by atoms with Crippen LogP contribution in [-0.4, -0.2) is 38.5 Å². The fourth-order valence-electron chi connectivity index (χ4n) is 3.01. The Bertz CT molecular complexity index is 1210. The first-order valence-corrected chi connectivity index (χ1v) is 11.3. The lowest BCUT2D eigenvalue weighted by atomic mass is 10.1. The monoisotopic (exact) mass is 450 g/mol. The molecule has 2 heterocycles. The Kier molecular flexibility index (Phi) is 6.36. The summed E-state index contributed by atoms with van der Waals surface area (Å²) in [5.74, 6) is 0.538. The number of rotatable bonds is 7. The molecule has 1 aromatic carbocycles. The molecule has 1 unspecified atom stereocenters. The molecule has 0 spiro atoms. The highest BCUT2D eigenvalue weighted by Crippen LogP contribution is 2.35. The van der Waals surface area contributed by atoms with Gasteiger partial charge in [-0.05, 0) is 37.1 Å². The number of thiophene rings is 1. The molecular formula is C19H22N4O5S2. The Balaban J connectivity index is 1.92. The number of nitrogens with two attached hydrogens (primary N) is 1. The van der Waals surface area contributed by atoms with Crippen molar-refractivity contribution >= 4 is 37.5 Å². The molecule has 0 radical (unpaired) electrons. The van der Waals surface area contributed by atoms with Crippen LogP contribution in [0.4, 0.5) is 0 Å². The molecule has 30 heavy (non-hydrogen) atoms. The van der Waals surface area contributed by atoms with Gasteiger partial charge in [-0.1, -0.05) is 12.1 Å². The van der Waals surface area contributed by atoms with E-state index in [1.54, 1.807) is 26.2 Å². The lowest BCUT2D eigenvalue weighted by molar-refractivity contribution is 0.0943. The van der Waals surface area contributed by atoms with E-state index in [4.69, 9.17) is 14.6 Å². The van der Waals surface area contributed by atoms with E-state index in [1.807, 2.05) is 6.92 Å². The van der Waals surface area contributed by atoms with E-state index in [0.29, 0.717) is 37.9 Å². The number of nitrogens with zero attached hydrogens (tertiary/aromatic N) is 2. The summed E-state index contributed by atoms with van der Waals surface area (Å²) in [7, 11) is -0.774. The summed E-state index contributed by atoms with van der Waals surface area (Å²) in [6.45, 7) is 3.80. The number of hydrogen-bond donors (Lipinski definition) is 2. The summed E-state index contributed by atoms with van der Waals surface area (Å²) >= 11 is 1.23. The van der Waals surface area contributed by atoms with Gasteiger partial charge in [0.05, 0.1) is 28.3 Å². The third-order valence-corrected chi connectivity index (χ3v) is 6.61. The highest BCUT2D eigenvalue weighted by molar-refractivity contribution is 7.89. The maximum Gasteiger partial charge on any atom is 0.262 e. The number of nitrogens with one attached hydrogen (secondary N) is 1. The Labute approximate surface area is 178 Å². The molecule has 11 heteroatoms. The number of fused-ring (bicyclic) bond motifs is 1. The molecule has 1 atom stereocenters. The normalized spacial score (nSPS) is 12.7. The van der Waals surface area contributed by atoms with Gasteiger partial charge in [-0.15, -0.1) is 11.3 Å². The van der Waals surface area contributed by atoms with Gasteiger partial charge >= 0.3 is 0 Å². The van der Waals surface area contributed by atoms with E-state index in [1.165, 1.54) is 30.6 Å². The van der Waals surface area contributed by atoms with Crippen LogP contribution < -0.4 is 15.2 Å². The van der Waals surface area contributed by atoms with Crippen molar-refractivity contribution in [1.29, 1.82) is 0 Å². The number of primary sulfonamides is 1. The van der Waals surface area contributed by atoms with E-state index < -0.39 is 16.1 Å². The SMILES string of the molecule is COCc1nc(OC)c2c(C)c(C(=O)NC(C)c3cccc(S(N)(=O)=O)c3)sc2n1. The minimum atomic E-state index is -3.83. The van der Waals surface area contributed by atoms with Crippen molar-refractivity contribution in [3.8, 4) is 5.88 Å². The molecule has 3 N–H and O–H groups in total. The highest BCUT2D eigenvalue weighted by Gasteiger charge is 2.22. The summed E-state index contributed by atoms with van der Waals surface area (Å²) in [4.78, 5) is 22.8. The predicted octanol–water partition coefficient (Wildman–Crippen LogP) is 2.29. The minimum Gasteiger partial charge on any atom is -0.480 e. The highest BCUT2D eigenvalue weighted by atomic mass is 32.2. The molecule has 0 fully saturated rings. The Morgan fingerprint density at radius 3 is 2.67 bits per heavy atom. The predicted molar refractivity (Wildman–Crippen MR) is 113 cm³/mol. The Morgan fingerprint density at radius 1 is 1.30 bits per heavy atom. The van der Waals surface area contributed by atoms with Gasteiger partial charge in [0.15, 0.2) is 5.82 Å². The van der Waals surface area contributed by atoms with Crippen LogP contribution in [0.5, 0.6) is 5.88 Å². The first kappa shape index (κ1) is 22.1. The Hall–Kier alpha value is -2.60. The molecule has 2 aromatic heterocycles. The molecule has 0 aliphatic rings. The molecule has 0 saturated heterocycles. The van der Waals surface area contributed by atoms with Gasteiger partial charge in [-0.25, -0.2) is 18.5 Å². The van der Waals surface area contributed by atoms with Crippen LogP contribution in [0.15, 0.2) is 29.2 Å². The minimum absolute atomic E-state index is 0.00942. The number of ether oxygens (including phenoxy) is 2. The topological polar surface area (TPSA) is 134 Å². The molecule has 160 valence electrons. The summed E-state index contributed by atoms with van der Waals surface area (Å²) in [5, 5.41) is 8.76. The quantitative estimate of drug-likeness (QED) is 0.564. The number of methoxy groups -OCH3 is 2. The van der Waals surface area contributed by atoms with Crippen LogP contribution in [-0.2, 0) is 21.4 Å². The third kappa shape index (κ3) is 4.43. The van der Waals surface area contributed by atoms with Crippen LogP contribution >= 0.6 is 11.3 Å². The summed E-state index contributed by atoms with van der Waals surface area (Å²) in [6, 6.07) is 5.72. The van der Waals surface area contributed by atoms with Crippen molar-refractivity contribution < 1.29 is 22.7 Å². The van der Waals surface area contributed by atoms with Crippen molar-refractivity contribution in [2.75, 3.05) is 14.2 Å². The van der Waals surface area contributed by atoms with Crippen molar-refractivity contribution in [3.05, 3.63) is 46.1 Å². The zero-order valence-corrected chi connectivity index (χ0v) is 18.6. The molecule has 0 aliphatic carbocycles. The maximum absolute atomic E-state index is 13.0. The number of sulfonamides is 1. The van der Waals surface area contributed by atoms with Crippen LogP contribution in [0.25, 0.3) is 10.2 Å². The molecule has 9 nitrogen and oxygen atoms in total. The fraction of sp³-hybridized carbons (Fsp3) is 0.316. The maximum atomic E-state index is 13.0. The number of carbonyl (C=O) groups is 1. The van der Waals surface area contributed by atoms with Gasteiger partial charge < -0.3 is 14.8 Å². The standard InChI is InChI=1S/C19H22N4O5S2/c1-10-15-18(28-4)22-14(9-27-3)23-19(15)29-16(10)17(24)21-11(2)12-6-5-7-13(8-12)30(20,25)26/h5-8,11H,9H2,1-4H3,(H,21,24)(H2,20,25,26). The zero-order valence-electron chi connectivity index (χ0n) is 16.9. The largest absolute Gasteiger partial charge is 0.480 e. The second-order valence-corrected chi connectivity index (χ2v) is 9.19. The second kappa shape index (κ2) is 8.64. The number of aryl methyl sites for hydroxylation is 1. The number of carbonyl (C=O) groups excluding carboxylic acids is 1.